The van der Waals surface area contributed by atoms with Crippen LogP contribution in [-0.2, 0) is 4.84 Å². The third kappa shape index (κ3) is 2.41. The zero-order valence-corrected chi connectivity index (χ0v) is 9.98. The molecule has 2 heterocycles. The van der Waals surface area contributed by atoms with Gasteiger partial charge in [0.2, 0.25) is 0 Å². The molecule has 0 unspecified atom stereocenters. The fraction of sp³-hybridized carbons (Fsp3) is 0.222. The van der Waals surface area contributed by atoms with Crippen LogP contribution < -0.4 is 5.56 Å². The Balaban J connectivity index is 2.58. The molecule has 7 nitrogen and oxygen atoms in total. The van der Waals surface area contributed by atoms with Crippen molar-refractivity contribution in [3.05, 3.63) is 22.2 Å². The summed E-state index contributed by atoms with van der Waals surface area (Å²) in [5.74, 6) is 0. The number of aromatic nitrogens is 4. The van der Waals surface area contributed by atoms with Crippen LogP contribution in [0.3, 0.4) is 0 Å². The maximum Gasteiger partial charge on any atom is 0.279 e. The highest BCUT2D eigenvalue weighted by Gasteiger charge is 2.06. The smallest absolute Gasteiger partial charge is 0.279 e. The molecule has 2 aromatic rings. The molecule has 0 fully saturated rings. The van der Waals surface area contributed by atoms with Crippen LogP contribution in [0.25, 0.3) is 11.2 Å². The molecule has 0 bridgehead atoms. The van der Waals surface area contributed by atoms with E-state index in [-0.39, 0.29) is 11.1 Å². The number of thioether (sulfide) groups is 1. The monoisotopic (exact) mass is 251 g/mol. The molecule has 0 saturated carbocycles. The van der Waals surface area contributed by atoms with Gasteiger partial charge in [-0.2, -0.15) is 0 Å². The SMILES string of the molecule is CO/N=C/c1cnc2nc(SC)[nH]c(=O)c2n1. The molecule has 0 radical (unpaired) electrons. The summed E-state index contributed by atoms with van der Waals surface area (Å²) in [5.41, 5.74) is 0.610. The lowest BCUT2D eigenvalue weighted by Gasteiger charge is -1.99. The van der Waals surface area contributed by atoms with Crippen molar-refractivity contribution in [1.29, 1.82) is 0 Å². The number of hydrogen-bond donors (Lipinski definition) is 1. The molecular weight excluding hydrogens is 242 g/mol. The van der Waals surface area contributed by atoms with E-state index in [4.69, 9.17) is 0 Å². The van der Waals surface area contributed by atoms with E-state index in [9.17, 15) is 4.79 Å². The first-order valence-electron chi connectivity index (χ1n) is 4.62. The highest BCUT2D eigenvalue weighted by Crippen LogP contribution is 2.08. The predicted molar refractivity (Wildman–Crippen MR) is 64.3 cm³/mol. The number of H-pyrrole nitrogens is 1. The van der Waals surface area contributed by atoms with Crippen molar-refractivity contribution in [2.45, 2.75) is 5.16 Å². The van der Waals surface area contributed by atoms with E-state index in [2.05, 4.69) is 29.9 Å². The molecule has 8 heteroatoms. The molecule has 0 aromatic carbocycles. The second kappa shape index (κ2) is 4.91. The van der Waals surface area contributed by atoms with Crippen LogP contribution in [0.15, 0.2) is 21.3 Å². The summed E-state index contributed by atoms with van der Waals surface area (Å²) in [4.78, 5) is 31.1. The van der Waals surface area contributed by atoms with Gasteiger partial charge in [-0.3, -0.25) is 9.78 Å². The van der Waals surface area contributed by atoms with Crippen molar-refractivity contribution in [2.24, 2.45) is 5.16 Å². The zero-order chi connectivity index (χ0) is 12.3. The number of nitrogens with one attached hydrogen (secondary N) is 1. The minimum atomic E-state index is -0.320. The van der Waals surface area contributed by atoms with Crippen molar-refractivity contribution in [3.8, 4) is 0 Å². The van der Waals surface area contributed by atoms with E-state index in [1.165, 1.54) is 31.3 Å². The zero-order valence-electron chi connectivity index (χ0n) is 9.17. The Labute approximate surface area is 100 Å². The van der Waals surface area contributed by atoms with Crippen LogP contribution in [0.5, 0.6) is 0 Å². The standard InChI is InChI=1S/C9H9N5O2S/c1-16-11-4-5-3-10-7-6(12-5)8(15)14-9(13-7)17-2/h3-4H,1-2H3,(H,10,13,14,15)/b11-4+. The molecule has 0 aliphatic carbocycles. The molecule has 2 rings (SSSR count). The minimum Gasteiger partial charge on any atom is -0.399 e. The van der Waals surface area contributed by atoms with Gasteiger partial charge in [0.15, 0.2) is 16.3 Å². The fourth-order valence-electron chi connectivity index (χ4n) is 1.18. The van der Waals surface area contributed by atoms with E-state index in [1.807, 2.05) is 6.26 Å². The largest absolute Gasteiger partial charge is 0.399 e. The maximum atomic E-state index is 11.7. The minimum absolute atomic E-state index is 0.183. The molecular formula is C9H9N5O2S. The molecule has 0 aliphatic rings. The maximum absolute atomic E-state index is 11.7. The van der Waals surface area contributed by atoms with Gasteiger partial charge in [-0.25, -0.2) is 15.0 Å². The normalized spacial score (nSPS) is 11.2. The fourth-order valence-corrected chi connectivity index (χ4v) is 1.55. The predicted octanol–water partition coefficient (Wildman–Crippen LogP) is 0.415. The molecule has 0 atom stereocenters. The number of nitrogens with zero attached hydrogens (tertiary/aromatic N) is 4. The third-order valence-electron chi connectivity index (χ3n) is 1.90. The van der Waals surface area contributed by atoms with Crippen molar-refractivity contribution < 1.29 is 4.84 Å². The van der Waals surface area contributed by atoms with Gasteiger partial charge in [0.05, 0.1) is 12.4 Å². The Kier molecular flexibility index (Phi) is 3.33. The lowest BCUT2D eigenvalue weighted by molar-refractivity contribution is 0.215. The molecule has 0 amide bonds. The van der Waals surface area contributed by atoms with Gasteiger partial charge in [-0.05, 0) is 6.26 Å². The second-order valence-corrected chi connectivity index (χ2v) is 3.75. The van der Waals surface area contributed by atoms with E-state index >= 15 is 0 Å². The van der Waals surface area contributed by atoms with Crippen LogP contribution in [0, 0.1) is 0 Å². The van der Waals surface area contributed by atoms with E-state index < -0.39 is 0 Å². The van der Waals surface area contributed by atoms with E-state index in [0.29, 0.717) is 16.5 Å². The summed E-state index contributed by atoms with van der Waals surface area (Å²) in [6.07, 6.45) is 4.66. The average Bonchev–Trinajstić information content (AvgIpc) is 2.36. The van der Waals surface area contributed by atoms with Gasteiger partial charge >= 0.3 is 0 Å². The molecule has 1 N–H and O–H groups in total. The summed E-state index contributed by atoms with van der Waals surface area (Å²) in [5, 5.41) is 4.06. The van der Waals surface area contributed by atoms with Gasteiger partial charge in [0, 0.05) is 0 Å². The molecule has 0 spiro atoms. The summed E-state index contributed by atoms with van der Waals surface area (Å²) in [7, 11) is 1.42. The Bertz CT molecular complexity index is 624. The molecule has 0 aliphatic heterocycles. The van der Waals surface area contributed by atoms with Crippen molar-refractivity contribution in [1.82, 2.24) is 19.9 Å². The molecule has 17 heavy (non-hydrogen) atoms. The van der Waals surface area contributed by atoms with Gasteiger partial charge in [-0.1, -0.05) is 16.9 Å². The van der Waals surface area contributed by atoms with Gasteiger partial charge in [0.1, 0.15) is 12.8 Å². The van der Waals surface area contributed by atoms with Gasteiger partial charge in [0.25, 0.3) is 5.56 Å². The second-order valence-electron chi connectivity index (χ2n) is 2.96. The van der Waals surface area contributed by atoms with Crippen LogP contribution >= 0.6 is 11.8 Å². The first kappa shape index (κ1) is 11.5. The summed E-state index contributed by atoms with van der Waals surface area (Å²) < 4.78 is 0. The lowest BCUT2D eigenvalue weighted by atomic mass is 10.4. The van der Waals surface area contributed by atoms with Crippen molar-refractivity contribution >= 4 is 29.1 Å². The Hall–Kier alpha value is -1.96. The molecule has 2 aromatic heterocycles. The Morgan fingerprint density at radius 3 is 3.06 bits per heavy atom. The number of aromatic amines is 1. The summed E-state index contributed by atoms with van der Waals surface area (Å²) in [6.45, 7) is 0. The van der Waals surface area contributed by atoms with Crippen LogP contribution in [0.2, 0.25) is 0 Å². The highest BCUT2D eigenvalue weighted by atomic mass is 32.2. The van der Waals surface area contributed by atoms with Crippen LogP contribution in [0.1, 0.15) is 5.69 Å². The molecule has 88 valence electrons. The topological polar surface area (TPSA) is 93.1 Å². The Morgan fingerprint density at radius 2 is 2.35 bits per heavy atom. The van der Waals surface area contributed by atoms with Gasteiger partial charge < -0.3 is 4.84 Å². The van der Waals surface area contributed by atoms with Crippen molar-refractivity contribution in [3.63, 3.8) is 0 Å². The van der Waals surface area contributed by atoms with Crippen LogP contribution in [-0.4, -0.2) is 39.5 Å². The first-order chi connectivity index (χ1) is 8.24. The summed E-state index contributed by atoms with van der Waals surface area (Å²) in [6, 6.07) is 0. The number of fused-ring (bicyclic) bond motifs is 1. The average molecular weight is 251 g/mol. The summed E-state index contributed by atoms with van der Waals surface area (Å²) >= 11 is 1.34. The van der Waals surface area contributed by atoms with Crippen molar-refractivity contribution in [2.75, 3.05) is 13.4 Å². The highest BCUT2D eigenvalue weighted by molar-refractivity contribution is 7.98. The lowest BCUT2D eigenvalue weighted by Crippen LogP contribution is -2.12. The van der Waals surface area contributed by atoms with Crippen LogP contribution in [0.4, 0.5) is 0 Å². The molecule has 0 saturated heterocycles. The third-order valence-corrected chi connectivity index (χ3v) is 2.48. The Morgan fingerprint density at radius 1 is 1.53 bits per heavy atom. The van der Waals surface area contributed by atoms with Gasteiger partial charge in [-0.15, -0.1) is 0 Å². The van der Waals surface area contributed by atoms with E-state index in [0.717, 1.165) is 0 Å². The number of hydrogen-bond acceptors (Lipinski definition) is 7. The van der Waals surface area contributed by atoms with E-state index in [1.54, 1.807) is 0 Å². The number of rotatable bonds is 3. The first-order valence-corrected chi connectivity index (χ1v) is 5.84. The quantitative estimate of drug-likeness (QED) is 0.367. The number of oxime groups is 1.